The van der Waals surface area contributed by atoms with E-state index in [1.165, 1.54) is 0 Å². The first-order chi connectivity index (χ1) is 8.08. The number of carbonyl (C=O) groups is 3. The van der Waals surface area contributed by atoms with Gasteiger partial charge in [-0.15, -0.1) is 0 Å². The van der Waals surface area contributed by atoms with Crippen molar-refractivity contribution in [1.82, 2.24) is 10.2 Å². The van der Waals surface area contributed by atoms with Crippen molar-refractivity contribution in [2.75, 3.05) is 13.1 Å². The maximum atomic E-state index is 12.0. The molecule has 0 spiro atoms. The zero-order chi connectivity index (χ0) is 12.4. The highest BCUT2D eigenvalue weighted by atomic mass is 16.4. The Kier molecular flexibility index (Phi) is 3.31. The number of hydrogen-bond acceptors (Lipinski definition) is 3. The average Bonchev–Trinajstić information content (AvgIpc) is 2.75. The Hall–Kier alpha value is -1.59. The molecule has 6 heteroatoms. The molecule has 2 heterocycles. The second-order valence-corrected chi connectivity index (χ2v) is 4.60. The summed E-state index contributed by atoms with van der Waals surface area (Å²) in [6, 6.07) is -0.399. The van der Waals surface area contributed by atoms with E-state index in [-0.39, 0.29) is 17.7 Å². The molecule has 0 aromatic rings. The van der Waals surface area contributed by atoms with Crippen LogP contribution in [0, 0.1) is 5.92 Å². The molecule has 17 heavy (non-hydrogen) atoms. The fraction of sp³-hybridized carbons (Fsp3) is 0.727. The normalized spacial score (nSPS) is 25.8. The van der Waals surface area contributed by atoms with Crippen molar-refractivity contribution < 1.29 is 19.5 Å². The standard InChI is InChI=1S/C11H16N2O4/c14-9-2-1-8(12-9)10(15)13-5-3-7(4-6-13)11(16)17/h7-8H,1-6H2,(H,12,14)(H,16,17)/t8-/m0/s1. The van der Waals surface area contributed by atoms with E-state index in [0.717, 1.165) is 0 Å². The molecule has 0 radical (unpaired) electrons. The van der Waals surface area contributed by atoms with Gasteiger partial charge in [0.25, 0.3) is 0 Å². The molecule has 2 amide bonds. The summed E-state index contributed by atoms with van der Waals surface area (Å²) in [6.07, 6.45) is 1.96. The summed E-state index contributed by atoms with van der Waals surface area (Å²) in [5.74, 6) is -1.27. The molecule has 2 saturated heterocycles. The second kappa shape index (κ2) is 4.73. The second-order valence-electron chi connectivity index (χ2n) is 4.60. The lowest BCUT2D eigenvalue weighted by atomic mass is 9.96. The number of nitrogens with one attached hydrogen (secondary N) is 1. The highest BCUT2D eigenvalue weighted by Gasteiger charge is 2.33. The van der Waals surface area contributed by atoms with Crippen molar-refractivity contribution in [3.05, 3.63) is 0 Å². The molecular weight excluding hydrogens is 224 g/mol. The van der Waals surface area contributed by atoms with E-state index in [1.807, 2.05) is 0 Å². The van der Waals surface area contributed by atoms with Gasteiger partial charge in [0.1, 0.15) is 6.04 Å². The predicted octanol–water partition coefficient (Wildman–Crippen LogP) is -0.412. The first-order valence-electron chi connectivity index (χ1n) is 5.89. The predicted molar refractivity (Wildman–Crippen MR) is 58.1 cm³/mol. The van der Waals surface area contributed by atoms with Gasteiger partial charge in [-0.25, -0.2) is 0 Å². The summed E-state index contributed by atoms with van der Waals surface area (Å²) in [4.78, 5) is 35.4. The number of nitrogens with zero attached hydrogens (tertiary/aromatic N) is 1. The van der Waals surface area contributed by atoms with E-state index in [1.54, 1.807) is 4.90 Å². The van der Waals surface area contributed by atoms with Gasteiger partial charge in [0.05, 0.1) is 5.92 Å². The van der Waals surface area contributed by atoms with Crippen LogP contribution in [0.25, 0.3) is 0 Å². The van der Waals surface area contributed by atoms with Gasteiger partial charge in [-0.05, 0) is 19.3 Å². The monoisotopic (exact) mass is 240 g/mol. The molecule has 2 aliphatic rings. The molecule has 0 aromatic carbocycles. The van der Waals surface area contributed by atoms with Gasteiger partial charge in [-0.1, -0.05) is 0 Å². The molecule has 6 nitrogen and oxygen atoms in total. The maximum absolute atomic E-state index is 12.0. The van der Waals surface area contributed by atoms with Crippen LogP contribution in [0.15, 0.2) is 0 Å². The number of carbonyl (C=O) groups excluding carboxylic acids is 2. The van der Waals surface area contributed by atoms with E-state index in [2.05, 4.69) is 5.32 Å². The zero-order valence-corrected chi connectivity index (χ0v) is 9.52. The Bertz CT molecular complexity index is 347. The molecule has 0 bridgehead atoms. The minimum absolute atomic E-state index is 0.0697. The van der Waals surface area contributed by atoms with Crippen molar-refractivity contribution in [2.45, 2.75) is 31.7 Å². The summed E-state index contributed by atoms with van der Waals surface area (Å²) in [5, 5.41) is 11.5. The third kappa shape index (κ3) is 2.57. The lowest BCUT2D eigenvalue weighted by Gasteiger charge is -2.31. The van der Waals surface area contributed by atoms with Crippen molar-refractivity contribution in [3.63, 3.8) is 0 Å². The summed E-state index contributed by atoms with van der Waals surface area (Å²) in [6.45, 7) is 0.949. The Morgan fingerprint density at radius 2 is 1.88 bits per heavy atom. The zero-order valence-electron chi connectivity index (χ0n) is 9.52. The van der Waals surface area contributed by atoms with Crippen LogP contribution in [-0.2, 0) is 14.4 Å². The van der Waals surface area contributed by atoms with Gasteiger partial charge < -0.3 is 15.3 Å². The van der Waals surface area contributed by atoms with Crippen LogP contribution in [-0.4, -0.2) is 46.9 Å². The van der Waals surface area contributed by atoms with Gasteiger partial charge >= 0.3 is 5.97 Å². The lowest BCUT2D eigenvalue weighted by Crippen LogP contribution is -2.48. The van der Waals surface area contributed by atoms with E-state index in [9.17, 15) is 14.4 Å². The number of carboxylic acids is 1. The van der Waals surface area contributed by atoms with Gasteiger partial charge in [-0.2, -0.15) is 0 Å². The molecule has 2 fully saturated rings. The number of piperidine rings is 1. The molecule has 0 unspecified atom stereocenters. The quantitative estimate of drug-likeness (QED) is 0.687. The molecule has 94 valence electrons. The number of aliphatic carboxylic acids is 1. The summed E-state index contributed by atoms with van der Waals surface area (Å²) >= 11 is 0. The van der Waals surface area contributed by atoms with Crippen molar-refractivity contribution in [1.29, 1.82) is 0 Å². The van der Waals surface area contributed by atoms with Gasteiger partial charge in [-0.3, -0.25) is 14.4 Å². The Labute approximate surface area is 99.0 Å². The Morgan fingerprint density at radius 3 is 2.35 bits per heavy atom. The van der Waals surface area contributed by atoms with Crippen LogP contribution in [0.4, 0.5) is 0 Å². The van der Waals surface area contributed by atoms with Gasteiger partial charge in [0.2, 0.25) is 11.8 Å². The third-order valence-electron chi connectivity index (χ3n) is 3.45. The van der Waals surface area contributed by atoms with Crippen molar-refractivity contribution in [2.24, 2.45) is 5.92 Å². The summed E-state index contributed by atoms with van der Waals surface area (Å²) in [7, 11) is 0. The van der Waals surface area contributed by atoms with Crippen molar-refractivity contribution >= 4 is 17.8 Å². The smallest absolute Gasteiger partial charge is 0.306 e. The van der Waals surface area contributed by atoms with Crippen LogP contribution in [0.1, 0.15) is 25.7 Å². The Morgan fingerprint density at radius 1 is 1.24 bits per heavy atom. The maximum Gasteiger partial charge on any atom is 0.306 e. The molecule has 0 saturated carbocycles. The van der Waals surface area contributed by atoms with Crippen LogP contribution < -0.4 is 5.32 Å². The molecule has 0 aliphatic carbocycles. The SMILES string of the molecule is O=C1CC[C@@H](C(=O)N2CCC(C(=O)O)CC2)N1. The Balaban J connectivity index is 1.86. The minimum atomic E-state index is -0.786. The molecular formula is C11H16N2O4. The molecule has 2 rings (SSSR count). The number of hydrogen-bond donors (Lipinski definition) is 2. The largest absolute Gasteiger partial charge is 0.481 e. The number of likely N-dealkylation sites (tertiary alicyclic amines) is 1. The summed E-state index contributed by atoms with van der Waals surface area (Å²) < 4.78 is 0. The van der Waals surface area contributed by atoms with E-state index >= 15 is 0 Å². The molecule has 1 atom stereocenters. The third-order valence-corrected chi connectivity index (χ3v) is 3.45. The van der Waals surface area contributed by atoms with Crippen LogP contribution >= 0.6 is 0 Å². The van der Waals surface area contributed by atoms with Gasteiger partial charge in [0, 0.05) is 19.5 Å². The van der Waals surface area contributed by atoms with Crippen LogP contribution in [0.3, 0.4) is 0 Å². The average molecular weight is 240 g/mol. The lowest BCUT2D eigenvalue weighted by molar-refractivity contribution is -0.146. The highest BCUT2D eigenvalue weighted by molar-refractivity contribution is 5.90. The van der Waals surface area contributed by atoms with E-state index in [4.69, 9.17) is 5.11 Å². The molecule has 0 aromatic heterocycles. The van der Waals surface area contributed by atoms with E-state index in [0.29, 0.717) is 38.8 Å². The first kappa shape index (κ1) is 11.9. The fourth-order valence-electron chi connectivity index (χ4n) is 2.37. The number of carboxylic acid groups (broad SMARTS) is 1. The minimum Gasteiger partial charge on any atom is -0.481 e. The van der Waals surface area contributed by atoms with Crippen LogP contribution in [0.5, 0.6) is 0 Å². The molecule has 2 N–H and O–H groups in total. The van der Waals surface area contributed by atoms with Gasteiger partial charge in [0.15, 0.2) is 0 Å². The fourth-order valence-corrected chi connectivity index (χ4v) is 2.37. The van der Waals surface area contributed by atoms with Crippen molar-refractivity contribution in [3.8, 4) is 0 Å². The topological polar surface area (TPSA) is 86.7 Å². The number of amides is 2. The first-order valence-corrected chi connectivity index (χ1v) is 5.89. The molecule has 2 aliphatic heterocycles. The van der Waals surface area contributed by atoms with E-state index < -0.39 is 12.0 Å². The summed E-state index contributed by atoms with van der Waals surface area (Å²) in [5.41, 5.74) is 0. The van der Waals surface area contributed by atoms with Crippen LogP contribution in [0.2, 0.25) is 0 Å². The number of rotatable bonds is 2. The highest BCUT2D eigenvalue weighted by Crippen LogP contribution is 2.19.